The highest BCUT2D eigenvalue weighted by Crippen LogP contribution is 2.24. The third-order valence-electron chi connectivity index (χ3n) is 2.72. The summed E-state index contributed by atoms with van der Waals surface area (Å²) >= 11 is 5.92. The van der Waals surface area contributed by atoms with E-state index >= 15 is 0 Å². The molecule has 3 rings (SSSR count). The van der Waals surface area contributed by atoms with Gasteiger partial charge in [-0.25, -0.2) is 9.67 Å². The molecule has 0 atom stereocenters. The Bertz CT molecular complexity index is 647. The van der Waals surface area contributed by atoms with E-state index in [2.05, 4.69) is 16.1 Å². The van der Waals surface area contributed by atoms with Gasteiger partial charge in [0.1, 0.15) is 0 Å². The molecular weight excluding hydrogens is 234 g/mol. The topological polar surface area (TPSA) is 30.7 Å². The van der Waals surface area contributed by atoms with Gasteiger partial charge in [0, 0.05) is 29.9 Å². The number of alkyl halides is 1. The van der Waals surface area contributed by atoms with Crippen LogP contribution in [0.4, 0.5) is 0 Å². The van der Waals surface area contributed by atoms with Crippen molar-refractivity contribution in [3.8, 4) is 5.82 Å². The molecule has 3 aromatic rings. The van der Waals surface area contributed by atoms with Crippen molar-refractivity contribution in [3.63, 3.8) is 0 Å². The first kappa shape index (κ1) is 10.3. The van der Waals surface area contributed by atoms with E-state index in [-0.39, 0.29) is 0 Å². The molecule has 2 aromatic heterocycles. The summed E-state index contributed by atoms with van der Waals surface area (Å²) in [5.74, 6) is 1.30. The Labute approximate surface area is 104 Å². The van der Waals surface area contributed by atoms with Gasteiger partial charge >= 0.3 is 0 Å². The molecule has 4 heteroatoms. The van der Waals surface area contributed by atoms with Gasteiger partial charge in [0.05, 0.1) is 0 Å². The van der Waals surface area contributed by atoms with Crippen molar-refractivity contribution in [2.45, 2.75) is 5.88 Å². The van der Waals surface area contributed by atoms with Crippen LogP contribution in [0.5, 0.6) is 0 Å². The molecule has 0 amide bonds. The largest absolute Gasteiger partial charge is 0.236 e. The fourth-order valence-electron chi connectivity index (χ4n) is 1.92. The number of aromatic nitrogens is 3. The van der Waals surface area contributed by atoms with Gasteiger partial charge in [0.2, 0.25) is 0 Å². The fraction of sp³-hybridized carbons (Fsp3) is 0.0769. The Morgan fingerprint density at radius 1 is 1.12 bits per heavy atom. The highest BCUT2D eigenvalue weighted by Gasteiger charge is 2.07. The minimum Gasteiger partial charge on any atom is -0.236 e. The van der Waals surface area contributed by atoms with E-state index < -0.39 is 0 Å². The van der Waals surface area contributed by atoms with Crippen LogP contribution >= 0.6 is 11.6 Å². The summed E-state index contributed by atoms with van der Waals surface area (Å²) < 4.78 is 1.76. The maximum absolute atomic E-state index is 5.92. The third kappa shape index (κ3) is 1.68. The van der Waals surface area contributed by atoms with E-state index in [0.29, 0.717) is 5.88 Å². The first-order chi connectivity index (χ1) is 8.40. The second-order valence-corrected chi connectivity index (χ2v) is 4.00. The monoisotopic (exact) mass is 243 g/mol. The van der Waals surface area contributed by atoms with Gasteiger partial charge in [-0.2, -0.15) is 5.10 Å². The lowest BCUT2D eigenvalue weighted by atomic mass is 10.1. The van der Waals surface area contributed by atoms with Crippen molar-refractivity contribution in [2.75, 3.05) is 0 Å². The lowest BCUT2D eigenvalue weighted by molar-refractivity contribution is 0.854. The van der Waals surface area contributed by atoms with E-state index in [1.54, 1.807) is 10.9 Å². The molecule has 0 unspecified atom stereocenters. The van der Waals surface area contributed by atoms with Gasteiger partial charge < -0.3 is 0 Å². The molecule has 0 saturated heterocycles. The molecule has 0 fully saturated rings. The number of halogens is 1. The molecule has 3 nitrogen and oxygen atoms in total. The van der Waals surface area contributed by atoms with Gasteiger partial charge in [-0.3, -0.25) is 0 Å². The molecule has 2 heterocycles. The third-order valence-corrected chi connectivity index (χ3v) is 3.01. The first-order valence-corrected chi connectivity index (χ1v) is 5.86. The predicted molar refractivity (Wildman–Crippen MR) is 68.4 cm³/mol. The summed E-state index contributed by atoms with van der Waals surface area (Å²) in [7, 11) is 0. The standard InChI is InChI=1S/C13H10ClN3/c14-8-10-9-15-13(17-7-3-6-16-17)12-5-2-1-4-11(10)12/h1-7,9H,8H2. The number of fused-ring (bicyclic) bond motifs is 1. The average Bonchev–Trinajstić information content (AvgIpc) is 2.91. The minimum atomic E-state index is 0.465. The van der Waals surface area contributed by atoms with Crippen molar-refractivity contribution in [2.24, 2.45) is 0 Å². The van der Waals surface area contributed by atoms with E-state index in [0.717, 1.165) is 22.2 Å². The zero-order valence-corrected chi connectivity index (χ0v) is 9.80. The summed E-state index contributed by atoms with van der Waals surface area (Å²) in [5, 5.41) is 6.41. The lowest BCUT2D eigenvalue weighted by Crippen LogP contribution is -2.00. The number of rotatable bonds is 2. The molecule has 0 N–H and O–H groups in total. The van der Waals surface area contributed by atoms with Gasteiger partial charge in [0.15, 0.2) is 5.82 Å². The van der Waals surface area contributed by atoms with E-state index in [4.69, 9.17) is 11.6 Å². The normalized spacial score (nSPS) is 10.9. The van der Waals surface area contributed by atoms with Crippen LogP contribution in [0.25, 0.3) is 16.6 Å². The van der Waals surface area contributed by atoms with Crippen LogP contribution < -0.4 is 0 Å². The van der Waals surface area contributed by atoms with Crippen LogP contribution in [0.15, 0.2) is 48.9 Å². The number of hydrogen-bond acceptors (Lipinski definition) is 2. The number of nitrogens with zero attached hydrogens (tertiary/aromatic N) is 3. The number of benzene rings is 1. The van der Waals surface area contributed by atoms with Gasteiger partial charge in [-0.15, -0.1) is 11.6 Å². The molecule has 17 heavy (non-hydrogen) atoms. The number of hydrogen-bond donors (Lipinski definition) is 0. The average molecular weight is 244 g/mol. The van der Waals surface area contributed by atoms with E-state index in [1.165, 1.54) is 0 Å². The lowest BCUT2D eigenvalue weighted by Gasteiger charge is -2.08. The quantitative estimate of drug-likeness (QED) is 0.648. The predicted octanol–water partition coefficient (Wildman–Crippen LogP) is 3.16. The minimum absolute atomic E-state index is 0.465. The summed E-state index contributed by atoms with van der Waals surface area (Å²) in [6.07, 6.45) is 5.44. The molecule has 0 saturated carbocycles. The van der Waals surface area contributed by atoms with Crippen LogP contribution in [0, 0.1) is 0 Å². The second-order valence-electron chi connectivity index (χ2n) is 3.74. The van der Waals surface area contributed by atoms with Crippen molar-refractivity contribution in [1.82, 2.24) is 14.8 Å². The van der Waals surface area contributed by atoms with Crippen molar-refractivity contribution < 1.29 is 0 Å². The van der Waals surface area contributed by atoms with Crippen LogP contribution in [0.1, 0.15) is 5.56 Å². The molecule has 0 bridgehead atoms. The maximum Gasteiger partial charge on any atom is 0.161 e. The Morgan fingerprint density at radius 2 is 1.94 bits per heavy atom. The SMILES string of the molecule is ClCc1cnc(-n2cccn2)c2ccccc12. The van der Waals surface area contributed by atoms with E-state index in [1.807, 2.05) is 36.7 Å². The molecule has 0 aliphatic carbocycles. The molecule has 0 spiro atoms. The van der Waals surface area contributed by atoms with Crippen molar-refractivity contribution in [1.29, 1.82) is 0 Å². The smallest absolute Gasteiger partial charge is 0.161 e. The van der Waals surface area contributed by atoms with Gasteiger partial charge in [-0.05, 0) is 17.0 Å². The number of pyridine rings is 1. The van der Waals surface area contributed by atoms with Gasteiger partial charge in [-0.1, -0.05) is 24.3 Å². The molecule has 0 aliphatic rings. The summed E-state index contributed by atoms with van der Waals surface area (Å²) in [6, 6.07) is 9.98. The zero-order chi connectivity index (χ0) is 11.7. The zero-order valence-electron chi connectivity index (χ0n) is 9.05. The Balaban J connectivity index is 2.34. The summed E-state index contributed by atoms with van der Waals surface area (Å²) in [6.45, 7) is 0. The molecule has 0 aliphatic heterocycles. The first-order valence-electron chi connectivity index (χ1n) is 5.33. The molecular formula is C13H10ClN3. The summed E-state index contributed by atoms with van der Waals surface area (Å²) in [4.78, 5) is 4.44. The van der Waals surface area contributed by atoms with Gasteiger partial charge in [0.25, 0.3) is 0 Å². The maximum atomic E-state index is 5.92. The highest BCUT2D eigenvalue weighted by atomic mass is 35.5. The second kappa shape index (κ2) is 4.18. The fourth-order valence-corrected chi connectivity index (χ4v) is 2.13. The molecule has 84 valence electrons. The van der Waals surface area contributed by atoms with Crippen LogP contribution in [-0.2, 0) is 5.88 Å². The Kier molecular flexibility index (Phi) is 2.53. The van der Waals surface area contributed by atoms with Crippen molar-refractivity contribution >= 4 is 22.4 Å². The Morgan fingerprint density at radius 3 is 2.65 bits per heavy atom. The van der Waals surface area contributed by atoms with Crippen LogP contribution in [-0.4, -0.2) is 14.8 Å². The molecule has 0 radical (unpaired) electrons. The van der Waals surface area contributed by atoms with E-state index in [9.17, 15) is 0 Å². The Hall–Kier alpha value is -1.87. The highest BCUT2D eigenvalue weighted by molar-refractivity contribution is 6.18. The van der Waals surface area contributed by atoms with Crippen LogP contribution in [0.2, 0.25) is 0 Å². The summed E-state index contributed by atoms with van der Waals surface area (Å²) in [5.41, 5.74) is 1.04. The van der Waals surface area contributed by atoms with Crippen LogP contribution in [0.3, 0.4) is 0 Å². The molecule has 1 aromatic carbocycles. The van der Waals surface area contributed by atoms with Crippen molar-refractivity contribution in [3.05, 3.63) is 54.5 Å².